The Bertz CT molecular complexity index is 2850. The lowest BCUT2D eigenvalue weighted by molar-refractivity contribution is -0.164. The van der Waals surface area contributed by atoms with Crippen LogP contribution in [0.25, 0.3) is 0 Å². The first-order valence-electron chi connectivity index (χ1n) is 24.9. The Morgan fingerprint density at radius 3 is 2.36 bits per heavy atom. The van der Waals surface area contributed by atoms with Crippen molar-refractivity contribution in [1.82, 2.24) is 24.8 Å². The molecule has 0 bridgehead atoms. The topological polar surface area (TPSA) is 237 Å². The average molecular weight is 1050 g/mol. The van der Waals surface area contributed by atoms with Crippen LogP contribution in [0.4, 0.5) is 28.1 Å². The highest BCUT2D eigenvalue weighted by molar-refractivity contribution is 7.17. The molecule has 0 saturated carbocycles. The molecule has 2 aromatic heterocycles. The Morgan fingerprint density at radius 2 is 1.64 bits per heavy atom. The molecule has 2 fully saturated rings. The molecule has 0 aliphatic carbocycles. The van der Waals surface area contributed by atoms with E-state index >= 15 is 0 Å². The quantitative estimate of drug-likeness (QED) is 0.0369. The summed E-state index contributed by atoms with van der Waals surface area (Å²) in [6, 6.07) is 18.6. The van der Waals surface area contributed by atoms with Crippen LogP contribution in [0.3, 0.4) is 0 Å². The third kappa shape index (κ3) is 13.9. The summed E-state index contributed by atoms with van der Waals surface area (Å²) in [6.07, 6.45) is 3.41. The predicted molar refractivity (Wildman–Crippen MR) is 283 cm³/mol. The number of likely N-dealkylation sites (tertiary alicyclic amines) is 1. The van der Waals surface area contributed by atoms with Crippen LogP contribution in [-0.4, -0.2) is 109 Å². The van der Waals surface area contributed by atoms with Crippen LogP contribution >= 0.6 is 22.9 Å². The molecule has 0 unspecified atom stereocenters. The molecule has 0 radical (unpaired) electrons. The van der Waals surface area contributed by atoms with E-state index in [2.05, 4.69) is 35.8 Å². The Kier molecular flexibility index (Phi) is 18.5. The lowest BCUT2D eigenvalue weighted by atomic mass is 9.84. The zero-order valence-corrected chi connectivity index (χ0v) is 44.0. The number of hydrogen-bond acceptors (Lipinski definition) is 15. The molecule has 74 heavy (non-hydrogen) atoms. The number of piperidine rings is 1. The van der Waals surface area contributed by atoms with Gasteiger partial charge in [0.25, 0.3) is 11.8 Å². The van der Waals surface area contributed by atoms with Gasteiger partial charge in [-0.2, -0.15) is 0 Å². The number of nitrogens with one attached hydrogen (secondary N) is 3. The summed E-state index contributed by atoms with van der Waals surface area (Å²) in [5, 5.41) is 29.5. The number of para-hydroxylation sites is 1. The fourth-order valence-electron chi connectivity index (χ4n) is 8.84. The van der Waals surface area contributed by atoms with Gasteiger partial charge < -0.3 is 45.6 Å². The number of hydrogen-bond donors (Lipinski definition) is 5. The number of ketones is 1. The van der Waals surface area contributed by atoms with Crippen LogP contribution in [0.5, 0.6) is 0 Å². The molecule has 2 aliphatic heterocycles. The van der Waals surface area contributed by atoms with Crippen molar-refractivity contribution in [3.63, 3.8) is 0 Å². The van der Waals surface area contributed by atoms with Gasteiger partial charge in [0.05, 0.1) is 30.1 Å². The van der Waals surface area contributed by atoms with E-state index in [-0.39, 0.29) is 50.3 Å². The number of halogens is 1. The van der Waals surface area contributed by atoms with Crippen molar-refractivity contribution >= 4 is 86.5 Å². The number of nitrogens with zero attached hydrogens (tertiary/aromatic N) is 6. The van der Waals surface area contributed by atoms with E-state index in [1.807, 2.05) is 32.0 Å². The van der Waals surface area contributed by atoms with Crippen LogP contribution < -0.4 is 20.9 Å². The van der Waals surface area contributed by atoms with Gasteiger partial charge in [-0.05, 0) is 98.4 Å². The summed E-state index contributed by atoms with van der Waals surface area (Å²) in [5.74, 6) is -1.07. The molecule has 2 saturated heterocycles. The molecule has 4 amide bonds. The van der Waals surface area contributed by atoms with Crippen molar-refractivity contribution in [3.05, 3.63) is 116 Å². The molecule has 392 valence electrons. The number of piperazine rings is 1. The molecule has 2 aliphatic rings. The summed E-state index contributed by atoms with van der Waals surface area (Å²) in [5.41, 5.74) is 3.53. The number of carbonyl (C=O) groups excluding carboxylic acids is 6. The molecule has 3 aromatic carbocycles. The molecule has 7 rings (SSSR count). The number of rotatable bonds is 20. The van der Waals surface area contributed by atoms with E-state index in [0.717, 1.165) is 11.1 Å². The maximum absolute atomic E-state index is 14.1. The van der Waals surface area contributed by atoms with Crippen molar-refractivity contribution in [2.24, 2.45) is 5.41 Å². The van der Waals surface area contributed by atoms with Crippen LogP contribution in [0.2, 0.25) is 5.02 Å². The summed E-state index contributed by atoms with van der Waals surface area (Å²) >= 11 is 7.48. The van der Waals surface area contributed by atoms with Gasteiger partial charge in [-0.25, -0.2) is 19.7 Å². The number of benzene rings is 3. The number of aliphatic hydroxyl groups excluding tert-OH is 2. The number of thiazole rings is 1. The van der Waals surface area contributed by atoms with Gasteiger partial charge in [0.15, 0.2) is 5.13 Å². The summed E-state index contributed by atoms with van der Waals surface area (Å²) < 4.78 is 6.25. The first-order valence-corrected chi connectivity index (χ1v) is 26.1. The fraction of sp³-hybridized carbons (Fsp3) is 0.426. The number of aromatic nitrogens is 3. The number of aliphatic hydroxyl groups is 2. The van der Waals surface area contributed by atoms with E-state index < -0.39 is 35.2 Å². The number of esters is 1. The normalized spacial score (nSPS) is 15.3. The highest BCUT2D eigenvalue weighted by Crippen LogP contribution is 2.32. The summed E-state index contributed by atoms with van der Waals surface area (Å²) in [7, 11) is 0. The standard InChI is InChI=1S/C54H64ClN9O9S/c1-6-54(4,5)49(69)51(71)64-22-8-7-15-41(64)52(72)73-42(19-17-35-16-18-37(31-65)38(27-35)32-66)36-12-10-13-39(28-36)59-46(67)20-21-47(68)63-25-23-62(24-26-63)45-29-44(57-34(3)58-45)60-53-56-30-43(74-53)50(70)61-48-33(2)11-9-14-40(48)55/h9-14,16,18,27-30,41-42,65-66H,6-8,15,17,19-26,31-32H2,1-5H3,(H,59,67)(H,61,70)(H,56,57,58,60)/t41-,42+/m0/s1. The Labute approximate surface area is 439 Å². The monoisotopic (exact) mass is 1050 g/mol. The molecule has 5 N–H and O–H groups in total. The van der Waals surface area contributed by atoms with Gasteiger partial charge >= 0.3 is 5.97 Å². The third-order valence-corrected chi connectivity index (χ3v) is 14.8. The fourth-order valence-corrected chi connectivity index (χ4v) is 9.83. The molecular formula is C54H64ClN9O9S. The molecular weight excluding hydrogens is 986 g/mol. The smallest absolute Gasteiger partial charge is 0.329 e. The van der Waals surface area contributed by atoms with Crippen molar-refractivity contribution in [3.8, 4) is 0 Å². The van der Waals surface area contributed by atoms with Gasteiger partial charge in [-0.3, -0.25) is 24.0 Å². The summed E-state index contributed by atoms with van der Waals surface area (Å²) in [6.45, 7) is 10.5. The molecule has 4 heterocycles. The van der Waals surface area contributed by atoms with Crippen LogP contribution in [0, 0.1) is 19.3 Å². The average Bonchev–Trinajstić information content (AvgIpc) is 3.88. The third-order valence-electron chi connectivity index (χ3n) is 13.6. The minimum atomic E-state index is -0.950. The molecule has 20 heteroatoms. The maximum Gasteiger partial charge on any atom is 0.329 e. The predicted octanol–water partition coefficient (Wildman–Crippen LogP) is 7.85. The maximum atomic E-state index is 14.1. The van der Waals surface area contributed by atoms with Gasteiger partial charge in [0.2, 0.25) is 17.6 Å². The van der Waals surface area contributed by atoms with E-state index in [4.69, 9.17) is 16.3 Å². The SMILES string of the molecule is CCC(C)(C)C(=O)C(=O)N1CCCC[C@H]1C(=O)O[C@H](CCc1ccc(CO)c(CO)c1)c1cccc(NC(=O)CCC(=O)N2CCN(c3cc(Nc4ncc(C(=O)Nc5c(C)cccc5Cl)s4)nc(C)n3)CC2)c1. The summed E-state index contributed by atoms with van der Waals surface area (Å²) in [4.78, 5) is 99.8. The van der Waals surface area contributed by atoms with Crippen LogP contribution in [-0.2, 0) is 48.3 Å². The minimum absolute atomic E-state index is 0.0162. The van der Waals surface area contributed by atoms with Crippen molar-refractivity contribution in [2.75, 3.05) is 53.6 Å². The van der Waals surface area contributed by atoms with E-state index in [9.17, 15) is 39.0 Å². The number of amides is 4. The number of ether oxygens (including phenoxy) is 1. The first-order chi connectivity index (χ1) is 35.5. The number of Topliss-reactive ketones (excluding diaryl/α,β-unsaturated/α-hetero) is 1. The zero-order chi connectivity index (χ0) is 53.1. The lowest BCUT2D eigenvalue weighted by Crippen LogP contribution is -2.53. The highest BCUT2D eigenvalue weighted by Gasteiger charge is 2.41. The second-order valence-electron chi connectivity index (χ2n) is 19.2. The minimum Gasteiger partial charge on any atom is -0.456 e. The van der Waals surface area contributed by atoms with E-state index in [1.54, 1.807) is 74.2 Å². The molecule has 5 aromatic rings. The van der Waals surface area contributed by atoms with Crippen LogP contribution in [0.1, 0.15) is 115 Å². The van der Waals surface area contributed by atoms with Crippen molar-refractivity contribution < 1.29 is 43.7 Å². The van der Waals surface area contributed by atoms with E-state index in [0.29, 0.717) is 125 Å². The van der Waals surface area contributed by atoms with Crippen molar-refractivity contribution in [2.45, 2.75) is 111 Å². The first kappa shape index (κ1) is 55.0. The van der Waals surface area contributed by atoms with Gasteiger partial charge in [0, 0.05) is 62.7 Å². The molecule has 18 nitrogen and oxygen atoms in total. The van der Waals surface area contributed by atoms with Gasteiger partial charge in [-0.1, -0.05) is 86.2 Å². The van der Waals surface area contributed by atoms with Crippen molar-refractivity contribution in [1.29, 1.82) is 0 Å². The largest absolute Gasteiger partial charge is 0.456 e. The molecule has 0 spiro atoms. The number of carbonyl (C=O) groups is 6. The lowest BCUT2D eigenvalue weighted by Gasteiger charge is -2.36. The zero-order valence-electron chi connectivity index (χ0n) is 42.4. The Balaban J connectivity index is 0.943. The second kappa shape index (κ2) is 25.0. The van der Waals surface area contributed by atoms with Crippen LogP contribution in [0.15, 0.2) is 72.9 Å². The highest BCUT2D eigenvalue weighted by atomic mass is 35.5. The Morgan fingerprint density at radius 1 is 0.878 bits per heavy atom. The Hall–Kier alpha value is -6.80. The van der Waals surface area contributed by atoms with E-state index in [1.165, 1.54) is 22.4 Å². The second-order valence-corrected chi connectivity index (χ2v) is 20.6. The number of aryl methyl sites for hydroxylation is 3. The molecule has 2 atom stereocenters. The van der Waals surface area contributed by atoms with Gasteiger partial charge in [-0.15, -0.1) is 0 Å². The van der Waals surface area contributed by atoms with Gasteiger partial charge in [0.1, 0.15) is 34.5 Å². The number of anilines is 5.